The van der Waals surface area contributed by atoms with Crippen molar-refractivity contribution in [2.75, 3.05) is 45.3 Å². The van der Waals surface area contributed by atoms with Gasteiger partial charge in [-0.25, -0.2) is 4.98 Å². The first-order valence-electron chi connectivity index (χ1n) is 7.10. The van der Waals surface area contributed by atoms with E-state index in [4.69, 9.17) is 4.74 Å². The summed E-state index contributed by atoms with van der Waals surface area (Å²) in [7, 11) is 3.86. The number of carbonyl (C=O) groups is 1. The number of nitrogens with zero attached hydrogens (tertiary/aromatic N) is 3. The number of hydrogen-bond donors (Lipinski definition) is 0. The number of carbonyl (C=O) groups excluding carboxylic acids is 1. The third-order valence-electron chi connectivity index (χ3n) is 4.36. The van der Waals surface area contributed by atoms with Crippen LogP contribution in [0.5, 0.6) is 0 Å². The van der Waals surface area contributed by atoms with Gasteiger partial charge in [0.15, 0.2) is 0 Å². The van der Waals surface area contributed by atoms with Crippen LogP contribution in [-0.2, 0) is 4.74 Å². The zero-order valence-electron chi connectivity index (χ0n) is 12.1. The number of aromatic nitrogens is 1. The Kier molecular flexibility index (Phi) is 3.38. The third-order valence-corrected chi connectivity index (χ3v) is 4.36. The minimum absolute atomic E-state index is 0.110. The second-order valence-electron chi connectivity index (χ2n) is 6.08. The summed E-state index contributed by atoms with van der Waals surface area (Å²) in [5.74, 6) is 0.924. The highest BCUT2D eigenvalue weighted by Gasteiger charge is 2.42. The maximum absolute atomic E-state index is 12.6. The van der Waals surface area contributed by atoms with Crippen molar-refractivity contribution >= 4 is 11.7 Å². The van der Waals surface area contributed by atoms with E-state index in [-0.39, 0.29) is 11.3 Å². The Morgan fingerprint density at radius 1 is 1.45 bits per heavy atom. The zero-order chi connectivity index (χ0) is 14.2. The first kappa shape index (κ1) is 13.4. The van der Waals surface area contributed by atoms with E-state index in [1.54, 1.807) is 12.3 Å². The minimum atomic E-state index is 0.110. The Bertz CT molecular complexity index is 510. The number of rotatable bonds is 2. The van der Waals surface area contributed by atoms with Crippen LogP contribution in [0.2, 0.25) is 0 Å². The summed E-state index contributed by atoms with van der Waals surface area (Å²) in [4.78, 5) is 20.7. The van der Waals surface area contributed by atoms with Crippen molar-refractivity contribution in [2.45, 2.75) is 12.8 Å². The van der Waals surface area contributed by atoms with Gasteiger partial charge < -0.3 is 14.5 Å². The fourth-order valence-corrected chi connectivity index (χ4v) is 3.06. The predicted molar refractivity (Wildman–Crippen MR) is 77.0 cm³/mol. The Morgan fingerprint density at radius 2 is 2.30 bits per heavy atom. The van der Waals surface area contributed by atoms with E-state index in [0.29, 0.717) is 0 Å². The van der Waals surface area contributed by atoms with Crippen LogP contribution in [0, 0.1) is 5.41 Å². The average molecular weight is 275 g/mol. The van der Waals surface area contributed by atoms with E-state index in [2.05, 4.69) is 4.98 Å². The molecule has 3 heterocycles. The Morgan fingerprint density at radius 3 is 3.00 bits per heavy atom. The van der Waals surface area contributed by atoms with Gasteiger partial charge in [-0.15, -0.1) is 0 Å². The fraction of sp³-hybridized carbons (Fsp3) is 0.600. The Labute approximate surface area is 119 Å². The monoisotopic (exact) mass is 275 g/mol. The third kappa shape index (κ3) is 2.38. The summed E-state index contributed by atoms with van der Waals surface area (Å²) in [6.45, 7) is 3.30. The molecule has 2 fully saturated rings. The molecule has 0 saturated carbocycles. The molecule has 2 saturated heterocycles. The van der Waals surface area contributed by atoms with Crippen molar-refractivity contribution in [1.29, 1.82) is 0 Å². The van der Waals surface area contributed by atoms with Crippen LogP contribution in [0.1, 0.15) is 23.2 Å². The molecule has 0 radical (unpaired) electrons. The van der Waals surface area contributed by atoms with E-state index in [0.717, 1.165) is 50.5 Å². The molecule has 5 nitrogen and oxygen atoms in total. The molecule has 3 rings (SSSR count). The second-order valence-corrected chi connectivity index (χ2v) is 6.08. The highest BCUT2D eigenvalue weighted by atomic mass is 16.5. The smallest absolute Gasteiger partial charge is 0.254 e. The predicted octanol–water partition coefficient (Wildman–Crippen LogP) is 1.40. The number of likely N-dealkylation sites (tertiary alicyclic amines) is 1. The van der Waals surface area contributed by atoms with E-state index in [9.17, 15) is 4.79 Å². The lowest BCUT2D eigenvalue weighted by Gasteiger charge is -2.22. The SMILES string of the molecule is CN(C)c1cc(C(=O)N2CC[C@]3(CCOC3)C2)ccn1. The van der Waals surface area contributed by atoms with Crippen molar-refractivity contribution in [3.05, 3.63) is 23.9 Å². The van der Waals surface area contributed by atoms with Crippen molar-refractivity contribution in [3.63, 3.8) is 0 Å². The number of hydrogen-bond acceptors (Lipinski definition) is 4. The molecule has 108 valence electrons. The summed E-state index contributed by atoms with van der Waals surface area (Å²) in [5, 5.41) is 0. The fourth-order valence-electron chi connectivity index (χ4n) is 3.06. The highest BCUT2D eigenvalue weighted by Crippen LogP contribution is 2.38. The molecule has 1 aromatic rings. The average Bonchev–Trinajstić information content (AvgIpc) is 3.09. The number of anilines is 1. The molecular weight excluding hydrogens is 254 g/mol. The van der Waals surface area contributed by atoms with Crippen LogP contribution < -0.4 is 4.90 Å². The molecule has 0 aliphatic carbocycles. The lowest BCUT2D eigenvalue weighted by atomic mass is 9.87. The van der Waals surface area contributed by atoms with Crippen LogP contribution >= 0.6 is 0 Å². The first-order valence-corrected chi connectivity index (χ1v) is 7.10. The van der Waals surface area contributed by atoms with Gasteiger partial charge in [-0.3, -0.25) is 4.79 Å². The van der Waals surface area contributed by atoms with E-state index in [1.165, 1.54) is 0 Å². The van der Waals surface area contributed by atoms with Gasteiger partial charge in [0.2, 0.25) is 0 Å². The normalized spacial score (nSPS) is 25.4. The molecule has 2 aliphatic rings. The zero-order valence-corrected chi connectivity index (χ0v) is 12.1. The molecule has 20 heavy (non-hydrogen) atoms. The Hall–Kier alpha value is -1.62. The van der Waals surface area contributed by atoms with Crippen LogP contribution in [0.15, 0.2) is 18.3 Å². The Balaban J connectivity index is 1.75. The first-order chi connectivity index (χ1) is 9.60. The lowest BCUT2D eigenvalue weighted by Crippen LogP contribution is -2.32. The molecule has 1 amide bonds. The van der Waals surface area contributed by atoms with Gasteiger partial charge in [-0.1, -0.05) is 0 Å². The van der Waals surface area contributed by atoms with Gasteiger partial charge in [-0.2, -0.15) is 0 Å². The molecule has 2 aliphatic heterocycles. The quantitative estimate of drug-likeness (QED) is 0.818. The number of pyridine rings is 1. The summed E-state index contributed by atoms with van der Waals surface area (Å²) in [5.41, 5.74) is 0.937. The molecule has 1 aromatic heterocycles. The summed E-state index contributed by atoms with van der Waals surface area (Å²) in [6, 6.07) is 3.66. The summed E-state index contributed by atoms with van der Waals surface area (Å²) in [6.07, 6.45) is 3.84. The molecule has 5 heteroatoms. The maximum atomic E-state index is 12.6. The molecule has 1 atom stereocenters. The molecular formula is C15H21N3O2. The van der Waals surface area contributed by atoms with Crippen LogP contribution in [0.4, 0.5) is 5.82 Å². The van der Waals surface area contributed by atoms with Crippen LogP contribution in [0.3, 0.4) is 0 Å². The standard InChI is InChI=1S/C15H21N3O2/c1-17(2)13-9-12(3-6-16-13)14(19)18-7-4-15(10-18)5-8-20-11-15/h3,6,9H,4-5,7-8,10-11H2,1-2H3/t15-/m0/s1. The van der Waals surface area contributed by atoms with Gasteiger partial charge in [-0.05, 0) is 25.0 Å². The lowest BCUT2D eigenvalue weighted by molar-refractivity contribution is 0.0765. The molecule has 0 bridgehead atoms. The highest BCUT2D eigenvalue weighted by molar-refractivity contribution is 5.95. The topological polar surface area (TPSA) is 45.7 Å². The van der Waals surface area contributed by atoms with Crippen LogP contribution in [0.25, 0.3) is 0 Å². The second kappa shape index (κ2) is 5.05. The summed E-state index contributed by atoms with van der Waals surface area (Å²) >= 11 is 0. The molecule has 1 spiro atoms. The maximum Gasteiger partial charge on any atom is 0.254 e. The van der Waals surface area contributed by atoms with Crippen molar-refractivity contribution < 1.29 is 9.53 Å². The van der Waals surface area contributed by atoms with E-state index >= 15 is 0 Å². The van der Waals surface area contributed by atoms with Gasteiger partial charge in [0.05, 0.1) is 6.61 Å². The molecule has 0 N–H and O–H groups in total. The van der Waals surface area contributed by atoms with E-state index < -0.39 is 0 Å². The van der Waals surface area contributed by atoms with Crippen molar-refractivity contribution in [1.82, 2.24) is 9.88 Å². The van der Waals surface area contributed by atoms with Crippen molar-refractivity contribution in [2.24, 2.45) is 5.41 Å². The van der Waals surface area contributed by atoms with Gasteiger partial charge in [0.1, 0.15) is 5.82 Å². The molecule has 0 unspecified atom stereocenters. The van der Waals surface area contributed by atoms with Gasteiger partial charge in [0.25, 0.3) is 5.91 Å². The van der Waals surface area contributed by atoms with Crippen LogP contribution in [-0.4, -0.2) is 56.2 Å². The largest absolute Gasteiger partial charge is 0.381 e. The number of ether oxygens (including phenoxy) is 1. The molecule has 0 aromatic carbocycles. The van der Waals surface area contributed by atoms with Gasteiger partial charge >= 0.3 is 0 Å². The van der Waals surface area contributed by atoms with Crippen molar-refractivity contribution in [3.8, 4) is 0 Å². The van der Waals surface area contributed by atoms with Gasteiger partial charge in [0, 0.05) is 51.0 Å². The number of amides is 1. The van der Waals surface area contributed by atoms with E-state index in [1.807, 2.05) is 30.0 Å². The minimum Gasteiger partial charge on any atom is -0.381 e. The summed E-state index contributed by atoms with van der Waals surface area (Å²) < 4.78 is 5.51.